The van der Waals surface area contributed by atoms with Crippen molar-refractivity contribution in [3.63, 3.8) is 0 Å². The van der Waals surface area contributed by atoms with E-state index in [4.69, 9.17) is 5.11 Å². The minimum atomic E-state index is -1.50. The van der Waals surface area contributed by atoms with Crippen molar-refractivity contribution in [1.29, 1.82) is 0 Å². The maximum Gasteiger partial charge on any atom is 0.338 e. The summed E-state index contributed by atoms with van der Waals surface area (Å²) in [4.78, 5) is 10.8. The summed E-state index contributed by atoms with van der Waals surface area (Å²) in [5, 5.41) is 11.4. The standard InChI is InChI=1S/C14H9BrF3NO2/c15-9-2-1-7(3-11(9)17)6-19-13-4-8(14(20)21)10(16)5-12(13)18/h1-5,19H,6H2,(H,20,21). The molecule has 0 saturated heterocycles. The molecule has 0 fully saturated rings. The number of hydrogen-bond acceptors (Lipinski definition) is 2. The molecule has 0 amide bonds. The Bertz CT molecular complexity index is 707. The Morgan fingerprint density at radius 2 is 1.81 bits per heavy atom. The second kappa shape index (κ2) is 6.17. The predicted octanol–water partition coefficient (Wildman–Crippen LogP) is 4.18. The van der Waals surface area contributed by atoms with Crippen LogP contribution in [0.1, 0.15) is 15.9 Å². The normalized spacial score (nSPS) is 10.5. The second-order valence-electron chi connectivity index (χ2n) is 4.22. The van der Waals surface area contributed by atoms with E-state index in [0.717, 1.165) is 6.07 Å². The molecule has 0 saturated carbocycles. The van der Waals surface area contributed by atoms with E-state index in [9.17, 15) is 18.0 Å². The number of aromatic carboxylic acids is 1. The van der Waals surface area contributed by atoms with Gasteiger partial charge in [0.25, 0.3) is 0 Å². The van der Waals surface area contributed by atoms with E-state index < -0.39 is 29.0 Å². The molecule has 2 N–H and O–H groups in total. The van der Waals surface area contributed by atoms with Crippen molar-refractivity contribution < 1.29 is 23.1 Å². The van der Waals surface area contributed by atoms with E-state index in [0.29, 0.717) is 16.1 Å². The molecule has 2 rings (SSSR count). The molecule has 110 valence electrons. The average molecular weight is 360 g/mol. The zero-order valence-electron chi connectivity index (χ0n) is 10.5. The van der Waals surface area contributed by atoms with Gasteiger partial charge in [0.2, 0.25) is 0 Å². The Balaban J connectivity index is 2.21. The van der Waals surface area contributed by atoms with E-state index >= 15 is 0 Å². The lowest BCUT2D eigenvalue weighted by Crippen LogP contribution is -2.07. The first-order valence-corrected chi connectivity index (χ1v) is 6.58. The lowest BCUT2D eigenvalue weighted by Gasteiger charge is -2.10. The molecule has 2 aromatic rings. The number of halogens is 4. The molecule has 0 aliphatic rings. The molecule has 0 aliphatic heterocycles. The van der Waals surface area contributed by atoms with Crippen LogP contribution in [0, 0.1) is 17.5 Å². The number of nitrogens with one attached hydrogen (secondary N) is 1. The number of carbonyl (C=O) groups is 1. The van der Waals surface area contributed by atoms with Gasteiger partial charge in [-0.15, -0.1) is 0 Å². The molecular formula is C14H9BrF3NO2. The topological polar surface area (TPSA) is 49.3 Å². The molecule has 0 spiro atoms. The molecule has 0 aliphatic carbocycles. The molecular weight excluding hydrogens is 351 g/mol. The monoisotopic (exact) mass is 359 g/mol. The summed E-state index contributed by atoms with van der Waals surface area (Å²) in [5.74, 6) is -4.04. The van der Waals surface area contributed by atoms with Crippen LogP contribution in [0.5, 0.6) is 0 Å². The number of carboxylic acids is 1. The van der Waals surface area contributed by atoms with Crippen LogP contribution in [0.4, 0.5) is 18.9 Å². The van der Waals surface area contributed by atoms with Gasteiger partial charge in [-0.1, -0.05) is 6.07 Å². The van der Waals surface area contributed by atoms with Crippen LogP contribution in [0.15, 0.2) is 34.8 Å². The number of anilines is 1. The summed E-state index contributed by atoms with van der Waals surface area (Å²) in [7, 11) is 0. The van der Waals surface area contributed by atoms with Crippen molar-refractivity contribution in [2.24, 2.45) is 0 Å². The summed E-state index contributed by atoms with van der Waals surface area (Å²) in [6.45, 7) is 0.0613. The van der Waals surface area contributed by atoms with Crippen molar-refractivity contribution in [2.45, 2.75) is 6.54 Å². The van der Waals surface area contributed by atoms with E-state index in [1.165, 1.54) is 12.1 Å². The van der Waals surface area contributed by atoms with Gasteiger partial charge < -0.3 is 10.4 Å². The third-order valence-electron chi connectivity index (χ3n) is 2.75. The maximum absolute atomic E-state index is 13.6. The zero-order chi connectivity index (χ0) is 15.6. The van der Waals surface area contributed by atoms with Crippen molar-refractivity contribution in [3.05, 3.63) is 63.4 Å². The fourth-order valence-corrected chi connectivity index (χ4v) is 1.94. The van der Waals surface area contributed by atoms with Gasteiger partial charge >= 0.3 is 5.97 Å². The first-order valence-electron chi connectivity index (χ1n) is 5.78. The highest BCUT2D eigenvalue weighted by Crippen LogP contribution is 2.21. The maximum atomic E-state index is 13.6. The molecule has 0 atom stereocenters. The fourth-order valence-electron chi connectivity index (χ4n) is 1.70. The third-order valence-corrected chi connectivity index (χ3v) is 3.40. The first-order chi connectivity index (χ1) is 9.88. The second-order valence-corrected chi connectivity index (χ2v) is 5.07. The number of rotatable bonds is 4. The SMILES string of the molecule is O=C(O)c1cc(NCc2ccc(Br)c(F)c2)c(F)cc1F. The van der Waals surface area contributed by atoms with Gasteiger partial charge in [-0.25, -0.2) is 18.0 Å². The van der Waals surface area contributed by atoms with Gasteiger partial charge in [-0.3, -0.25) is 0 Å². The Kier molecular flexibility index (Phi) is 4.52. The summed E-state index contributed by atoms with van der Waals surface area (Å²) in [5.41, 5.74) is -0.283. The van der Waals surface area contributed by atoms with Gasteiger partial charge in [-0.05, 0) is 39.7 Å². The van der Waals surface area contributed by atoms with E-state index in [1.54, 1.807) is 6.07 Å². The highest BCUT2D eigenvalue weighted by molar-refractivity contribution is 9.10. The van der Waals surface area contributed by atoms with E-state index in [2.05, 4.69) is 21.2 Å². The molecule has 21 heavy (non-hydrogen) atoms. The van der Waals surface area contributed by atoms with Gasteiger partial charge in [-0.2, -0.15) is 0 Å². The van der Waals surface area contributed by atoms with Crippen LogP contribution in [0.25, 0.3) is 0 Å². The Labute approximate surface area is 126 Å². The highest BCUT2D eigenvalue weighted by atomic mass is 79.9. The summed E-state index contributed by atoms with van der Waals surface area (Å²) < 4.78 is 40.4. The molecule has 3 nitrogen and oxygen atoms in total. The molecule has 0 unspecified atom stereocenters. The van der Waals surface area contributed by atoms with Crippen molar-refractivity contribution >= 4 is 27.6 Å². The van der Waals surface area contributed by atoms with Crippen LogP contribution in [0.2, 0.25) is 0 Å². The van der Waals surface area contributed by atoms with Crippen LogP contribution < -0.4 is 5.32 Å². The van der Waals surface area contributed by atoms with Crippen molar-refractivity contribution in [2.75, 3.05) is 5.32 Å². The lowest BCUT2D eigenvalue weighted by atomic mass is 10.1. The van der Waals surface area contributed by atoms with E-state index in [-0.39, 0.29) is 12.2 Å². The minimum absolute atomic E-state index is 0.0613. The third kappa shape index (κ3) is 3.55. The minimum Gasteiger partial charge on any atom is -0.478 e. The zero-order valence-corrected chi connectivity index (χ0v) is 12.0. The first kappa shape index (κ1) is 15.4. The van der Waals surface area contributed by atoms with Crippen LogP contribution in [-0.4, -0.2) is 11.1 Å². The fraction of sp³-hybridized carbons (Fsp3) is 0.0714. The van der Waals surface area contributed by atoms with Gasteiger partial charge in [0.05, 0.1) is 15.7 Å². The van der Waals surface area contributed by atoms with E-state index in [1.807, 2.05) is 0 Å². The molecule has 0 bridgehead atoms. The molecule has 0 radical (unpaired) electrons. The number of benzene rings is 2. The number of hydrogen-bond donors (Lipinski definition) is 2. The Morgan fingerprint density at radius 3 is 2.43 bits per heavy atom. The van der Waals surface area contributed by atoms with Gasteiger partial charge in [0.15, 0.2) is 0 Å². The Hall–Kier alpha value is -2.02. The summed E-state index contributed by atoms with van der Waals surface area (Å²) >= 11 is 3.01. The quantitative estimate of drug-likeness (QED) is 0.860. The smallest absolute Gasteiger partial charge is 0.338 e. The van der Waals surface area contributed by atoms with Gasteiger partial charge in [0, 0.05) is 12.6 Å². The molecule has 2 aromatic carbocycles. The van der Waals surface area contributed by atoms with Crippen molar-refractivity contribution in [1.82, 2.24) is 0 Å². The summed E-state index contributed by atoms with van der Waals surface area (Å²) in [6, 6.07) is 5.71. The van der Waals surface area contributed by atoms with Crippen LogP contribution in [-0.2, 0) is 6.54 Å². The van der Waals surface area contributed by atoms with Crippen LogP contribution in [0.3, 0.4) is 0 Å². The van der Waals surface area contributed by atoms with Crippen LogP contribution >= 0.6 is 15.9 Å². The summed E-state index contributed by atoms with van der Waals surface area (Å²) in [6.07, 6.45) is 0. The van der Waals surface area contributed by atoms with Crippen molar-refractivity contribution in [3.8, 4) is 0 Å². The molecule has 7 heteroatoms. The highest BCUT2D eigenvalue weighted by Gasteiger charge is 2.15. The van der Waals surface area contributed by atoms with Gasteiger partial charge in [0.1, 0.15) is 17.5 Å². The lowest BCUT2D eigenvalue weighted by molar-refractivity contribution is 0.0692. The molecule has 0 heterocycles. The molecule has 0 aromatic heterocycles. The average Bonchev–Trinajstić information content (AvgIpc) is 2.41. The largest absolute Gasteiger partial charge is 0.478 e. The Morgan fingerprint density at radius 1 is 1.10 bits per heavy atom. The number of carboxylic acid groups (broad SMARTS) is 1. The predicted molar refractivity (Wildman–Crippen MR) is 74.7 cm³/mol.